The zero-order chi connectivity index (χ0) is 24.6. The summed E-state index contributed by atoms with van der Waals surface area (Å²) in [6, 6.07) is 27.9. The largest absolute Gasteiger partial charge is 0.467 e. The van der Waals surface area contributed by atoms with Gasteiger partial charge in [0.15, 0.2) is 25.2 Å². The van der Waals surface area contributed by atoms with E-state index >= 15 is 0 Å². The lowest BCUT2D eigenvalue weighted by Crippen LogP contribution is -2.13. The summed E-state index contributed by atoms with van der Waals surface area (Å²) in [5, 5.41) is 18.8. The summed E-state index contributed by atoms with van der Waals surface area (Å²) in [7, 11) is 0. The molecule has 176 valence electrons. The number of benzene rings is 4. The van der Waals surface area contributed by atoms with Crippen LogP contribution in [0.5, 0.6) is 11.5 Å². The predicted octanol–water partition coefficient (Wildman–Crippen LogP) is 4.40. The quantitative estimate of drug-likeness (QED) is 0.265. The zero-order valence-electron chi connectivity index (χ0n) is 18.9. The third-order valence-corrected chi connectivity index (χ3v) is 5.57. The van der Waals surface area contributed by atoms with Crippen LogP contribution < -0.4 is 9.47 Å². The molecule has 4 aromatic rings. The normalized spacial score (nSPS) is 10.6. The van der Waals surface area contributed by atoms with Crippen LogP contribution in [-0.2, 0) is 6.42 Å². The monoisotopic (exact) mass is 468 g/mol. The number of rotatable bonds is 10. The highest BCUT2D eigenvalue weighted by Crippen LogP contribution is 2.32. The van der Waals surface area contributed by atoms with Gasteiger partial charge in [0.05, 0.1) is 11.1 Å². The Bertz CT molecular complexity index is 1210. The van der Waals surface area contributed by atoms with Gasteiger partial charge in [0.1, 0.15) is 11.5 Å². The fourth-order valence-electron chi connectivity index (χ4n) is 4.02. The van der Waals surface area contributed by atoms with Gasteiger partial charge in [-0.05, 0) is 29.7 Å². The average molecular weight is 469 g/mol. The first-order valence-corrected chi connectivity index (χ1v) is 11.0. The Kier molecular flexibility index (Phi) is 7.67. The first-order chi connectivity index (χ1) is 17.1. The summed E-state index contributed by atoms with van der Waals surface area (Å²) in [5.74, 6) is -0.0261. The number of aliphatic hydroxyl groups excluding tert-OH is 2. The molecule has 6 heteroatoms. The van der Waals surface area contributed by atoms with Gasteiger partial charge in [-0.1, -0.05) is 84.9 Å². The van der Waals surface area contributed by atoms with Gasteiger partial charge in [-0.15, -0.1) is 0 Å². The molecule has 0 unspecified atom stereocenters. The molecule has 0 amide bonds. The molecule has 0 aliphatic rings. The molecule has 2 N–H and O–H groups in total. The predicted molar refractivity (Wildman–Crippen MR) is 131 cm³/mol. The smallest absolute Gasteiger partial charge is 0.197 e. The molecule has 0 saturated heterocycles. The van der Waals surface area contributed by atoms with Gasteiger partial charge < -0.3 is 19.7 Å². The molecule has 0 saturated carbocycles. The minimum atomic E-state index is -0.587. The molecule has 0 radical (unpaired) electrons. The van der Waals surface area contributed by atoms with Crippen LogP contribution in [0.4, 0.5) is 0 Å². The zero-order valence-corrected chi connectivity index (χ0v) is 18.9. The Morgan fingerprint density at radius 2 is 0.943 bits per heavy atom. The number of aliphatic hydroxyl groups is 2. The van der Waals surface area contributed by atoms with E-state index in [2.05, 4.69) is 0 Å². The van der Waals surface area contributed by atoms with Gasteiger partial charge in [-0.2, -0.15) is 0 Å². The van der Waals surface area contributed by atoms with Gasteiger partial charge in [0.2, 0.25) is 0 Å². The average Bonchev–Trinajstić information content (AvgIpc) is 2.90. The highest BCUT2D eigenvalue weighted by Gasteiger charge is 2.23. The van der Waals surface area contributed by atoms with E-state index in [-0.39, 0.29) is 29.5 Å². The summed E-state index contributed by atoms with van der Waals surface area (Å²) >= 11 is 0. The van der Waals surface area contributed by atoms with Crippen molar-refractivity contribution in [3.05, 3.63) is 130 Å². The van der Waals surface area contributed by atoms with Crippen LogP contribution in [-0.4, -0.2) is 35.4 Å². The molecule has 0 atom stereocenters. The Labute approximate surface area is 203 Å². The number of carbonyl (C=O) groups is 2. The number of hydrogen-bond acceptors (Lipinski definition) is 6. The summed E-state index contributed by atoms with van der Waals surface area (Å²) in [6.45, 7) is -1.17. The van der Waals surface area contributed by atoms with E-state index in [1.807, 2.05) is 12.1 Å². The number of ether oxygens (including phenoxy) is 2. The molecule has 35 heavy (non-hydrogen) atoms. The van der Waals surface area contributed by atoms with Crippen molar-refractivity contribution in [2.45, 2.75) is 6.42 Å². The Balaban J connectivity index is 1.84. The Hall–Kier alpha value is -4.26. The molecule has 0 aliphatic heterocycles. The van der Waals surface area contributed by atoms with Crippen molar-refractivity contribution < 1.29 is 29.3 Å². The van der Waals surface area contributed by atoms with Crippen LogP contribution in [0.1, 0.15) is 43.0 Å². The topological polar surface area (TPSA) is 93.1 Å². The van der Waals surface area contributed by atoms with Crippen molar-refractivity contribution in [1.29, 1.82) is 0 Å². The van der Waals surface area contributed by atoms with E-state index in [1.165, 1.54) is 0 Å². The van der Waals surface area contributed by atoms with Gasteiger partial charge in [-0.25, -0.2) is 0 Å². The highest BCUT2D eigenvalue weighted by molar-refractivity contribution is 6.13. The van der Waals surface area contributed by atoms with Crippen LogP contribution in [0.15, 0.2) is 97.1 Å². The fourth-order valence-corrected chi connectivity index (χ4v) is 4.02. The summed E-state index contributed by atoms with van der Waals surface area (Å²) in [6.07, 6.45) is 0.215. The van der Waals surface area contributed by atoms with Crippen molar-refractivity contribution >= 4 is 11.6 Å². The lowest BCUT2D eigenvalue weighted by molar-refractivity contribution is 0.0926. The molecule has 0 fully saturated rings. The van der Waals surface area contributed by atoms with Gasteiger partial charge in [0.25, 0.3) is 0 Å². The van der Waals surface area contributed by atoms with E-state index in [0.717, 1.165) is 0 Å². The standard InChI is InChI=1S/C29H24O6/c30-18-34-24-15-7-13-22(26(24)28(32)20-9-3-1-4-10-20)17-23-14-8-16-25(35-19-31)27(23)29(33)21-11-5-2-6-12-21/h1-16,30-31H,17-19H2. The highest BCUT2D eigenvalue weighted by atomic mass is 16.6. The lowest BCUT2D eigenvalue weighted by Gasteiger charge is -2.17. The molecule has 4 rings (SSSR count). The van der Waals surface area contributed by atoms with Crippen LogP contribution in [0, 0.1) is 0 Å². The first-order valence-electron chi connectivity index (χ1n) is 11.0. The van der Waals surface area contributed by atoms with Crippen LogP contribution in [0.2, 0.25) is 0 Å². The lowest BCUT2D eigenvalue weighted by atomic mass is 9.89. The summed E-state index contributed by atoms with van der Waals surface area (Å²) < 4.78 is 10.8. The van der Waals surface area contributed by atoms with Crippen molar-refractivity contribution in [2.24, 2.45) is 0 Å². The van der Waals surface area contributed by atoms with Crippen LogP contribution in [0.3, 0.4) is 0 Å². The Morgan fingerprint density at radius 3 is 1.31 bits per heavy atom. The van der Waals surface area contributed by atoms with Crippen molar-refractivity contribution in [1.82, 2.24) is 0 Å². The number of ketones is 2. The second kappa shape index (κ2) is 11.2. The van der Waals surface area contributed by atoms with Crippen molar-refractivity contribution in [3.63, 3.8) is 0 Å². The van der Waals surface area contributed by atoms with E-state index in [1.54, 1.807) is 84.9 Å². The maximum absolute atomic E-state index is 13.5. The molecule has 0 heterocycles. The van der Waals surface area contributed by atoms with Crippen LogP contribution >= 0.6 is 0 Å². The molecular formula is C29H24O6. The van der Waals surface area contributed by atoms with Gasteiger partial charge >= 0.3 is 0 Å². The van der Waals surface area contributed by atoms with Crippen LogP contribution in [0.25, 0.3) is 0 Å². The fraction of sp³-hybridized carbons (Fsp3) is 0.103. The minimum absolute atomic E-state index is 0.215. The van der Waals surface area contributed by atoms with E-state index in [0.29, 0.717) is 33.4 Å². The summed E-state index contributed by atoms with van der Waals surface area (Å²) in [4.78, 5) is 27.0. The van der Waals surface area contributed by atoms with Crippen molar-refractivity contribution in [3.8, 4) is 11.5 Å². The summed E-state index contributed by atoms with van der Waals surface area (Å²) in [5.41, 5.74) is 2.79. The molecule has 6 nitrogen and oxygen atoms in total. The van der Waals surface area contributed by atoms with E-state index in [4.69, 9.17) is 9.47 Å². The van der Waals surface area contributed by atoms with Crippen molar-refractivity contribution in [2.75, 3.05) is 13.6 Å². The molecule has 0 bridgehead atoms. The van der Waals surface area contributed by atoms with Gasteiger partial charge in [-0.3, -0.25) is 9.59 Å². The van der Waals surface area contributed by atoms with Gasteiger partial charge in [0, 0.05) is 11.1 Å². The third-order valence-electron chi connectivity index (χ3n) is 5.57. The number of hydrogen-bond donors (Lipinski definition) is 2. The minimum Gasteiger partial charge on any atom is -0.467 e. The SMILES string of the molecule is O=C(c1ccccc1)c1c(Cc2cccc(OCO)c2C(=O)c2ccccc2)cccc1OCO. The molecule has 0 aliphatic carbocycles. The maximum Gasteiger partial charge on any atom is 0.197 e. The molecule has 4 aromatic carbocycles. The second-order valence-corrected chi connectivity index (χ2v) is 7.69. The first kappa shape index (κ1) is 23.9. The molecule has 0 aromatic heterocycles. The second-order valence-electron chi connectivity index (χ2n) is 7.69. The van der Waals surface area contributed by atoms with E-state index in [9.17, 15) is 19.8 Å². The molecular weight excluding hydrogens is 444 g/mol. The number of carbonyl (C=O) groups excluding carboxylic acids is 2. The maximum atomic E-state index is 13.5. The molecule has 0 spiro atoms. The third kappa shape index (κ3) is 5.30. The Morgan fingerprint density at radius 1 is 0.543 bits per heavy atom. The van der Waals surface area contributed by atoms with E-state index < -0.39 is 13.6 Å².